The summed E-state index contributed by atoms with van der Waals surface area (Å²) in [7, 11) is 0. The van der Waals surface area contributed by atoms with Crippen molar-refractivity contribution in [2.24, 2.45) is 0 Å². The van der Waals surface area contributed by atoms with Gasteiger partial charge in [0.1, 0.15) is 11.5 Å². The highest BCUT2D eigenvalue weighted by Gasteiger charge is 2.24. The van der Waals surface area contributed by atoms with Crippen molar-refractivity contribution in [3.8, 4) is 11.5 Å². The Morgan fingerprint density at radius 2 is 1.60 bits per heavy atom. The first-order valence-electron chi connectivity index (χ1n) is 8.43. The minimum absolute atomic E-state index is 0.321. The van der Waals surface area contributed by atoms with Gasteiger partial charge in [0.05, 0.1) is 5.69 Å². The van der Waals surface area contributed by atoms with Gasteiger partial charge in [0.2, 0.25) is 0 Å². The van der Waals surface area contributed by atoms with Crippen molar-refractivity contribution in [1.82, 2.24) is 0 Å². The van der Waals surface area contributed by atoms with E-state index >= 15 is 0 Å². The van der Waals surface area contributed by atoms with Gasteiger partial charge in [0.25, 0.3) is 11.8 Å². The van der Waals surface area contributed by atoms with Crippen LogP contribution in [0.4, 0.5) is 5.69 Å². The van der Waals surface area contributed by atoms with Crippen LogP contribution < -0.4 is 9.64 Å². The molecule has 0 saturated carbocycles. The maximum atomic E-state index is 11.7. The van der Waals surface area contributed by atoms with Crippen molar-refractivity contribution in [2.75, 3.05) is 4.90 Å². The van der Waals surface area contributed by atoms with E-state index in [9.17, 15) is 9.59 Å². The smallest absolute Gasteiger partial charge is 0.258 e. The summed E-state index contributed by atoms with van der Waals surface area (Å²) in [6, 6.07) is 11.3. The number of hydrogen-bond donors (Lipinski definition) is 0. The van der Waals surface area contributed by atoms with Gasteiger partial charge in [0, 0.05) is 12.2 Å². The van der Waals surface area contributed by atoms with E-state index in [2.05, 4.69) is 26.0 Å². The van der Waals surface area contributed by atoms with Crippen LogP contribution in [-0.2, 0) is 16.0 Å². The van der Waals surface area contributed by atoms with E-state index in [1.54, 1.807) is 24.3 Å². The van der Waals surface area contributed by atoms with Gasteiger partial charge in [-0.25, -0.2) is 4.90 Å². The van der Waals surface area contributed by atoms with Crippen molar-refractivity contribution in [3.63, 3.8) is 0 Å². The molecule has 2 aromatic rings. The lowest BCUT2D eigenvalue weighted by atomic mass is 10.0. The van der Waals surface area contributed by atoms with Gasteiger partial charge in [-0.3, -0.25) is 9.59 Å². The van der Waals surface area contributed by atoms with Crippen LogP contribution >= 0.6 is 0 Å². The third-order valence-electron chi connectivity index (χ3n) is 4.14. The lowest BCUT2D eigenvalue weighted by Gasteiger charge is -2.17. The molecule has 0 bridgehead atoms. The monoisotopic (exact) mass is 335 g/mol. The Morgan fingerprint density at radius 1 is 0.960 bits per heavy atom. The van der Waals surface area contributed by atoms with E-state index in [0.29, 0.717) is 11.4 Å². The number of rotatable bonds is 5. The number of aryl methyl sites for hydroxylation is 3. The molecule has 1 aliphatic rings. The fourth-order valence-electron chi connectivity index (χ4n) is 3.08. The first-order valence-corrected chi connectivity index (χ1v) is 8.43. The molecular weight excluding hydrogens is 314 g/mol. The molecule has 0 radical (unpaired) electrons. The summed E-state index contributed by atoms with van der Waals surface area (Å²) in [6.07, 6.45) is 4.56. The van der Waals surface area contributed by atoms with Crippen molar-refractivity contribution < 1.29 is 14.3 Å². The van der Waals surface area contributed by atoms with E-state index < -0.39 is 0 Å². The fraction of sp³-hybridized carbons (Fsp3) is 0.238. The lowest BCUT2D eigenvalue weighted by Crippen LogP contribution is -2.29. The molecule has 0 unspecified atom stereocenters. The normalized spacial score (nSPS) is 13.6. The van der Waals surface area contributed by atoms with Gasteiger partial charge < -0.3 is 4.74 Å². The van der Waals surface area contributed by atoms with Crippen LogP contribution in [-0.4, -0.2) is 11.8 Å². The summed E-state index contributed by atoms with van der Waals surface area (Å²) >= 11 is 0. The fourth-order valence-corrected chi connectivity index (χ4v) is 3.08. The van der Waals surface area contributed by atoms with Gasteiger partial charge in [-0.1, -0.05) is 31.0 Å². The van der Waals surface area contributed by atoms with E-state index in [1.807, 2.05) is 6.92 Å². The molecule has 2 amide bonds. The zero-order valence-corrected chi connectivity index (χ0v) is 14.7. The van der Waals surface area contributed by atoms with Gasteiger partial charge in [-0.15, -0.1) is 0 Å². The Hall–Kier alpha value is -2.88. The van der Waals surface area contributed by atoms with E-state index in [-0.39, 0.29) is 11.8 Å². The molecule has 0 aromatic heterocycles. The topological polar surface area (TPSA) is 46.6 Å². The molecule has 4 heteroatoms. The number of imide groups is 1. The van der Waals surface area contributed by atoms with Crippen LogP contribution in [0.1, 0.15) is 30.0 Å². The van der Waals surface area contributed by atoms with Crippen LogP contribution in [0, 0.1) is 13.8 Å². The Kier molecular flexibility index (Phi) is 4.70. The molecule has 4 nitrogen and oxygen atoms in total. The molecule has 0 N–H and O–H groups in total. The average molecular weight is 335 g/mol. The minimum Gasteiger partial charge on any atom is -0.457 e. The Morgan fingerprint density at radius 3 is 2.20 bits per heavy atom. The molecule has 0 spiro atoms. The molecule has 2 aromatic carbocycles. The predicted molar refractivity (Wildman–Crippen MR) is 98.1 cm³/mol. The van der Waals surface area contributed by atoms with Crippen molar-refractivity contribution in [3.05, 3.63) is 65.2 Å². The van der Waals surface area contributed by atoms with E-state index in [4.69, 9.17) is 4.74 Å². The van der Waals surface area contributed by atoms with Crippen molar-refractivity contribution in [2.45, 2.75) is 33.6 Å². The molecule has 25 heavy (non-hydrogen) atoms. The molecule has 0 atom stereocenters. The molecule has 0 fully saturated rings. The van der Waals surface area contributed by atoms with Gasteiger partial charge in [0.15, 0.2) is 0 Å². The number of ether oxygens (including phenoxy) is 1. The SMILES string of the molecule is CCCc1cc(C)cc(C)c1Oc1ccc(N2C(=O)C=CC2=O)cc1. The third kappa shape index (κ3) is 3.48. The van der Waals surface area contributed by atoms with Gasteiger partial charge in [-0.05, 0) is 55.7 Å². The zero-order valence-electron chi connectivity index (χ0n) is 14.7. The highest BCUT2D eigenvalue weighted by atomic mass is 16.5. The van der Waals surface area contributed by atoms with E-state index in [1.165, 1.54) is 23.3 Å². The van der Waals surface area contributed by atoms with E-state index in [0.717, 1.165) is 29.1 Å². The maximum Gasteiger partial charge on any atom is 0.258 e. The van der Waals surface area contributed by atoms with Gasteiger partial charge >= 0.3 is 0 Å². The summed E-state index contributed by atoms with van der Waals surface area (Å²) < 4.78 is 6.12. The molecule has 0 saturated heterocycles. The Balaban J connectivity index is 1.85. The first kappa shape index (κ1) is 17.0. The van der Waals surface area contributed by atoms with Crippen molar-refractivity contribution in [1.29, 1.82) is 0 Å². The van der Waals surface area contributed by atoms with Gasteiger partial charge in [-0.2, -0.15) is 0 Å². The summed E-state index contributed by atoms with van der Waals surface area (Å²) in [6.45, 7) is 6.28. The first-order chi connectivity index (χ1) is 12.0. The van der Waals surface area contributed by atoms with Crippen LogP contribution in [0.25, 0.3) is 0 Å². The summed E-state index contributed by atoms with van der Waals surface area (Å²) in [5.74, 6) is 0.923. The molecule has 128 valence electrons. The predicted octanol–water partition coefficient (Wildman–Crippen LogP) is 4.48. The zero-order chi connectivity index (χ0) is 18.0. The molecule has 0 aliphatic carbocycles. The van der Waals surface area contributed by atoms with Crippen molar-refractivity contribution >= 4 is 17.5 Å². The van der Waals surface area contributed by atoms with Crippen LogP contribution in [0.5, 0.6) is 11.5 Å². The summed E-state index contributed by atoms with van der Waals surface area (Å²) in [4.78, 5) is 24.6. The average Bonchev–Trinajstić information content (AvgIpc) is 2.90. The second-order valence-electron chi connectivity index (χ2n) is 6.26. The minimum atomic E-state index is -0.321. The number of hydrogen-bond acceptors (Lipinski definition) is 3. The quantitative estimate of drug-likeness (QED) is 0.757. The number of anilines is 1. The van der Waals surface area contributed by atoms with Crippen LogP contribution in [0.15, 0.2) is 48.6 Å². The number of nitrogens with zero attached hydrogens (tertiary/aromatic N) is 1. The second-order valence-corrected chi connectivity index (χ2v) is 6.26. The largest absolute Gasteiger partial charge is 0.457 e. The second kappa shape index (κ2) is 6.93. The highest BCUT2D eigenvalue weighted by Crippen LogP contribution is 2.32. The number of benzene rings is 2. The lowest BCUT2D eigenvalue weighted by molar-refractivity contribution is -0.119. The number of amides is 2. The highest BCUT2D eigenvalue weighted by molar-refractivity contribution is 6.28. The maximum absolute atomic E-state index is 11.7. The molecule has 1 heterocycles. The summed E-state index contributed by atoms with van der Waals surface area (Å²) in [5.41, 5.74) is 4.06. The Bertz CT molecular complexity index is 832. The van der Waals surface area contributed by atoms with Crippen LogP contribution in [0.3, 0.4) is 0 Å². The molecular formula is C21H21NO3. The summed E-state index contributed by atoms with van der Waals surface area (Å²) in [5, 5.41) is 0. The standard InChI is InChI=1S/C21H21NO3/c1-4-5-16-13-14(2)12-15(3)21(16)25-18-8-6-17(7-9-18)22-19(23)10-11-20(22)24/h6-13H,4-5H2,1-3H3. The number of carbonyl (C=O) groups is 2. The molecule has 3 rings (SSSR count). The molecule has 1 aliphatic heterocycles. The third-order valence-corrected chi connectivity index (χ3v) is 4.14. The Labute approximate surface area is 147 Å². The van der Waals surface area contributed by atoms with Crippen LogP contribution in [0.2, 0.25) is 0 Å². The number of carbonyl (C=O) groups excluding carboxylic acids is 2.